The molecule has 0 radical (unpaired) electrons. The first-order chi connectivity index (χ1) is 10.1. The molecule has 3 aromatic rings. The molecule has 0 aliphatic rings. The van der Waals surface area contributed by atoms with Gasteiger partial charge in [-0.3, -0.25) is 4.57 Å². The Labute approximate surface area is 126 Å². The van der Waals surface area contributed by atoms with Gasteiger partial charge in [-0.2, -0.15) is 0 Å². The lowest BCUT2D eigenvalue weighted by Crippen LogP contribution is -2.13. The van der Waals surface area contributed by atoms with Crippen LogP contribution in [0.25, 0.3) is 11.1 Å². The third kappa shape index (κ3) is 2.54. The van der Waals surface area contributed by atoms with E-state index in [0.717, 1.165) is 22.4 Å². The average molecular weight is 302 g/mol. The van der Waals surface area contributed by atoms with Gasteiger partial charge in [0.05, 0.1) is 11.6 Å². The lowest BCUT2D eigenvalue weighted by molar-refractivity contribution is 0.502. The Balaban J connectivity index is 2.03. The summed E-state index contributed by atoms with van der Waals surface area (Å²) in [4.78, 5) is 14.2. The van der Waals surface area contributed by atoms with Crippen molar-refractivity contribution in [3.05, 3.63) is 56.2 Å². The number of oxazole rings is 1. The number of hydrogen-bond acceptors (Lipinski definition) is 4. The van der Waals surface area contributed by atoms with Crippen LogP contribution in [0.3, 0.4) is 0 Å². The van der Waals surface area contributed by atoms with Crippen molar-refractivity contribution >= 4 is 22.4 Å². The number of aromatic nitrogens is 1. The van der Waals surface area contributed by atoms with Crippen molar-refractivity contribution in [3.8, 4) is 0 Å². The number of fused-ring (bicyclic) bond motifs is 1. The molecule has 0 aliphatic heterocycles. The lowest BCUT2D eigenvalue weighted by atomic mass is 10.1. The van der Waals surface area contributed by atoms with Gasteiger partial charge in [-0.15, -0.1) is 11.3 Å². The van der Waals surface area contributed by atoms with Gasteiger partial charge in [0.1, 0.15) is 0 Å². The first-order valence-electron chi connectivity index (χ1n) is 7.05. The molecule has 0 saturated heterocycles. The molecule has 5 heteroatoms. The molecule has 0 aliphatic carbocycles. The fourth-order valence-corrected chi connectivity index (χ4v) is 3.40. The van der Waals surface area contributed by atoms with E-state index in [1.165, 1.54) is 4.88 Å². The van der Waals surface area contributed by atoms with Crippen LogP contribution in [-0.2, 0) is 6.54 Å². The monoisotopic (exact) mass is 302 g/mol. The van der Waals surface area contributed by atoms with E-state index in [-0.39, 0.29) is 11.8 Å². The minimum atomic E-state index is -0.301. The van der Waals surface area contributed by atoms with E-state index in [0.29, 0.717) is 12.1 Å². The van der Waals surface area contributed by atoms with Crippen LogP contribution < -0.4 is 11.5 Å². The van der Waals surface area contributed by atoms with Gasteiger partial charge in [0.2, 0.25) is 0 Å². The van der Waals surface area contributed by atoms with Gasteiger partial charge < -0.3 is 10.2 Å². The molecule has 3 rings (SSSR count). The maximum absolute atomic E-state index is 11.9. The van der Waals surface area contributed by atoms with Gasteiger partial charge in [-0.1, -0.05) is 13.0 Å². The quantitative estimate of drug-likeness (QED) is 0.803. The highest BCUT2D eigenvalue weighted by atomic mass is 32.1. The Bertz CT molecular complexity index is 828. The van der Waals surface area contributed by atoms with Crippen molar-refractivity contribution < 1.29 is 4.42 Å². The largest absolute Gasteiger partial charge is 0.419 e. The molecule has 4 nitrogen and oxygen atoms in total. The topological polar surface area (TPSA) is 61.2 Å². The second kappa shape index (κ2) is 5.50. The molecule has 2 heterocycles. The molecule has 2 N–H and O–H groups in total. The van der Waals surface area contributed by atoms with Crippen LogP contribution in [0.15, 0.2) is 39.5 Å². The maximum atomic E-state index is 11.9. The standard InChI is InChI=1S/C16H18N2O2S/c1-3-8-18-12-6-5-11(9-13(12)20-16(18)19)15(17)14-7-4-10(2)21-14/h4-7,9,15H,3,8,17H2,1-2H3. The predicted molar refractivity (Wildman–Crippen MR) is 85.9 cm³/mol. The number of thiophene rings is 1. The van der Waals surface area contributed by atoms with Crippen molar-refractivity contribution in [1.29, 1.82) is 0 Å². The van der Waals surface area contributed by atoms with E-state index in [4.69, 9.17) is 10.2 Å². The fraction of sp³-hybridized carbons (Fsp3) is 0.312. The second-order valence-electron chi connectivity index (χ2n) is 5.17. The molecular weight excluding hydrogens is 284 g/mol. The van der Waals surface area contributed by atoms with Crippen molar-refractivity contribution in [2.24, 2.45) is 5.73 Å². The highest BCUT2D eigenvalue weighted by Gasteiger charge is 2.14. The van der Waals surface area contributed by atoms with Crippen LogP contribution in [-0.4, -0.2) is 4.57 Å². The third-order valence-electron chi connectivity index (χ3n) is 3.57. The average Bonchev–Trinajstić information content (AvgIpc) is 3.02. The first-order valence-corrected chi connectivity index (χ1v) is 7.87. The van der Waals surface area contributed by atoms with Crippen molar-refractivity contribution in [2.75, 3.05) is 0 Å². The molecule has 1 atom stereocenters. The van der Waals surface area contributed by atoms with Gasteiger partial charge in [0, 0.05) is 16.3 Å². The van der Waals surface area contributed by atoms with Gasteiger partial charge in [-0.05, 0) is 43.2 Å². The molecule has 0 saturated carbocycles. The summed E-state index contributed by atoms with van der Waals surface area (Å²) in [7, 11) is 0. The Morgan fingerprint density at radius 2 is 2.14 bits per heavy atom. The molecule has 1 unspecified atom stereocenters. The van der Waals surface area contributed by atoms with Crippen LogP contribution >= 0.6 is 11.3 Å². The normalized spacial score (nSPS) is 12.9. The Morgan fingerprint density at radius 1 is 1.33 bits per heavy atom. The summed E-state index contributed by atoms with van der Waals surface area (Å²) in [5.41, 5.74) is 8.71. The zero-order valence-corrected chi connectivity index (χ0v) is 12.9. The molecule has 0 fully saturated rings. The highest BCUT2D eigenvalue weighted by molar-refractivity contribution is 7.12. The van der Waals surface area contributed by atoms with E-state index in [1.54, 1.807) is 15.9 Å². The van der Waals surface area contributed by atoms with Crippen LogP contribution in [0.4, 0.5) is 0 Å². The molecular formula is C16H18N2O2S. The third-order valence-corrected chi connectivity index (χ3v) is 4.65. The van der Waals surface area contributed by atoms with E-state index in [2.05, 4.69) is 13.0 Å². The zero-order chi connectivity index (χ0) is 15.0. The van der Waals surface area contributed by atoms with Gasteiger partial charge in [-0.25, -0.2) is 4.79 Å². The molecule has 21 heavy (non-hydrogen) atoms. The van der Waals surface area contributed by atoms with Crippen molar-refractivity contribution in [1.82, 2.24) is 4.57 Å². The van der Waals surface area contributed by atoms with E-state index >= 15 is 0 Å². The first kappa shape index (κ1) is 14.1. The number of hydrogen-bond donors (Lipinski definition) is 1. The molecule has 0 spiro atoms. The lowest BCUT2D eigenvalue weighted by Gasteiger charge is -2.10. The number of aryl methyl sites for hydroxylation is 2. The predicted octanol–water partition coefficient (Wildman–Crippen LogP) is 3.42. The Hall–Kier alpha value is -1.85. The van der Waals surface area contributed by atoms with Crippen molar-refractivity contribution in [2.45, 2.75) is 32.9 Å². The minimum Gasteiger partial charge on any atom is -0.408 e. The Morgan fingerprint density at radius 3 is 2.81 bits per heavy atom. The summed E-state index contributed by atoms with van der Waals surface area (Å²) in [6, 6.07) is 9.70. The van der Waals surface area contributed by atoms with E-state index < -0.39 is 0 Å². The highest BCUT2D eigenvalue weighted by Crippen LogP contribution is 2.28. The number of nitrogens with zero attached hydrogens (tertiary/aromatic N) is 1. The Kier molecular flexibility index (Phi) is 3.69. The van der Waals surface area contributed by atoms with Crippen LogP contribution in [0, 0.1) is 6.92 Å². The van der Waals surface area contributed by atoms with Gasteiger partial charge in [0.25, 0.3) is 0 Å². The fourth-order valence-electron chi connectivity index (χ4n) is 2.50. The van der Waals surface area contributed by atoms with E-state index in [9.17, 15) is 4.79 Å². The maximum Gasteiger partial charge on any atom is 0.419 e. The number of benzene rings is 1. The van der Waals surface area contributed by atoms with Crippen molar-refractivity contribution in [3.63, 3.8) is 0 Å². The smallest absolute Gasteiger partial charge is 0.408 e. The molecule has 0 bridgehead atoms. The molecule has 110 valence electrons. The zero-order valence-electron chi connectivity index (χ0n) is 12.1. The number of rotatable bonds is 4. The van der Waals surface area contributed by atoms with Crippen LogP contribution in [0.2, 0.25) is 0 Å². The summed E-state index contributed by atoms with van der Waals surface area (Å²) >= 11 is 1.69. The van der Waals surface area contributed by atoms with Crippen LogP contribution in [0.5, 0.6) is 0 Å². The van der Waals surface area contributed by atoms with Gasteiger partial charge in [0.15, 0.2) is 5.58 Å². The molecule has 1 aromatic carbocycles. The summed E-state index contributed by atoms with van der Waals surface area (Å²) in [6.07, 6.45) is 0.893. The SMILES string of the molecule is CCCn1c(=O)oc2cc(C(N)c3ccc(C)s3)ccc21. The second-order valence-corrected chi connectivity index (χ2v) is 6.49. The summed E-state index contributed by atoms with van der Waals surface area (Å²) in [5, 5.41) is 0. The minimum absolute atomic E-state index is 0.187. The van der Waals surface area contributed by atoms with E-state index in [1.807, 2.05) is 31.2 Å². The van der Waals surface area contributed by atoms with Crippen LogP contribution in [0.1, 0.15) is 34.7 Å². The molecule has 2 aromatic heterocycles. The summed E-state index contributed by atoms with van der Waals surface area (Å²) in [5.74, 6) is -0.301. The summed E-state index contributed by atoms with van der Waals surface area (Å²) in [6.45, 7) is 4.77. The molecule has 0 amide bonds. The number of nitrogens with two attached hydrogens (primary N) is 1. The van der Waals surface area contributed by atoms with Gasteiger partial charge >= 0.3 is 5.76 Å². The summed E-state index contributed by atoms with van der Waals surface area (Å²) < 4.78 is 7.01.